The molecule has 0 fully saturated rings. The lowest BCUT2D eigenvalue weighted by atomic mass is 10.2. The molecule has 0 aliphatic heterocycles. The van der Waals surface area contributed by atoms with Gasteiger partial charge in [-0.1, -0.05) is 25.4 Å². The van der Waals surface area contributed by atoms with Crippen LogP contribution in [0.5, 0.6) is 0 Å². The molecule has 0 amide bonds. The van der Waals surface area contributed by atoms with Crippen LogP contribution in [-0.4, -0.2) is 15.2 Å². The molecule has 2 rings (SSSR count). The lowest BCUT2D eigenvalue weighted by molar-refractivity contribution is 0.781. The lowest BCUT2D eigenvalue weighted by Gasteiger charge is -1.95. The normalized spacial score (nSPS) is 11.3. The molecule has 0 spiro atoms. The molecular weight excluding hydrogens is 230 g/mol. The number of H-pyrrole nitrogens is 1. The highest BCUT2D eigenvalue weighted by molar-refractivity contribution is 7.14. The molecule has 5 heteroatoms. The molecule has 0 unspecified atom stereocenters. The molecule has 2 heterocycles. The van der Waals surface area contributed by atoms with Gasteiger partial charge in [0.25, 0.3) is 0 Å². The fourth-order valence-corrected chi connectivity index (χ4v) is 2.43. The van der Waals surface area contributed by atoms with Crippen molar-refractivity contribution in [2.24, 2.45) is 0 Å². The maximum absolute atomic E-state index is 6.15. The Hall–Kier alpha value is -0.870. The van der Waals surface area contributed by atoms with E-state index in [-0.39, 0.29) is 0 Å². The quantitative estimate of drug-likeness (QED) is 0.873. The summed E-state index contributed by atoms with van der Waals surface area (Å²) in [5.74, 6) is 1.94. The van der Waals surface area contributed by atoms with Gasteiger partial charge >= 0.3 is 0 Å². The molecule has 3 nitrogen and oxygen atoms in total. The van der Waals surface area contributed by atoms with Crippen LogP contribution in [0.15, 0.2) is 5.38 Å². The van der Waals surface area contributed by atoms with E-state index in [2.05, 4.69) is 29.0 Å². The third kappa shape index (κ3) is 1.92. The molecule has 1 N–H and O–H groups in total. The third-order valence-electron chi connectivity index (χ3n) is 2.15. The highest BCUT2D eigenvalue weighted by atomic mass is 35.5. The van der Waals surface area contributed by atoms with Crippen LogP contribution in [0, 0.1) is 6.92 Å². The van der Waals surface area contributed by atoms with Crippen LogP contribution in [0.25, 0.3) is 10.7 Å². The van der Waals surface area contributed by atoms with Gasteiger partial charge in [0.05, 0.1) is 9.90 Å². The molecule has 0 radical (unpaired) electrons. The zero-order chi connectivity index (χ0) is 11.0. The molecule has 15 heavy (non-hydrogen) atoms. The van der Waals surface area contributed by atoms with Crippen LogP contribution in [0.1, 0.15) is 31.2 Å². The Morgan fingerprint density at radius 1 is 1.47 bits per heavy atom. The Bertz CT molecular complexity index is 473. The van der Waals surface area contributed by atoms with E-state index in [0.717, 1.165) is 21.3 Å². The van der Waals surface area contributed by atoms with E-state index in [1.54, 1.807) is 11.3 Å². The Morgan fingerprint density at radius 2 is 2.20 bits per heavy atom. The van der Waals surface area contributed by atoms with E-state index in [1.807, 2.05) is 12.3 Å². The van der Waals surface area contributed by atoms with Gasteiger partial charge in [-0.25, -0.2) is 4.98 Å². The minimum absolute atomic E-state index is 0.353. The summed E-state index contributed by atoms with van der Waals surface area (Å²) in [6, 6.07) is 0. The summed E-state index contributed by atoms with van der Waals surface area (Å²) in [6.45, 7) is 6.13. The number of thiophene rings is 1. The number of aromatic nitrogens is 3. The molecule has 2 aromatic heterocycles. The monoisotopic (exact) mass is 241 g/mol. The van der Waals surface area contributed by atoms with E-state index < -0.39 is 0 Å². The summed E-state index contributed by atoms with van der Waals surface area (Å²) in [4.78, 5) is 5.36. The second kappa shape index (κ2) is 3.94. The number of hydrogen-bond donors (Lipinski definition) is 1. The molecule has 0 saturated carbocycles. The summed E-state index contributed by atoms with van der Waals surface area (Å²) < 4.78 is 0. The average Bonchev–Trinajstić information content (AvgIpc) is 2.76. The van der Waals surface area contributed by atoms with Crippen molar-refractivity contribution >= 4 is 22.9 Å². The molecule has 2 aromatic rings. The van der Waals surface area contributed by atoms with Gasteiger partial charge < -0.3 is 0 Å². The number of halogens is 1. The van der Waals surface area contributed by atoms with Crippen molar-refractivity contribution in [1.29, 1.82) is 0 Å². The SMILES string of the molecule is Cc1csc(-c2n[nH]c(C(C)C)n2)c1Cl. The van der Waals surface area contributed by atoms with Crippen molar-refractivity contribution in [2.75, 3.05) is 0 Å². The van der Waals surface area contributed by atoms with E-state index in [1.165, 1.54) is 0 Å². The van der Waals surface area contributed by atoms with Crippen molar-refractivity contribution in [3.05, 3.63) is 21.8 Å². The molecular formula is C10H12ClN3S. The van der Waals surface area contributed by atoms with Crippen molar-refractivity contribution in [3.63, 3.8) is 0 Å². The smallest absolute Gasteiger partial charge is 0.192 e. The standard InChI is InChI=1S/C10H12ClN3S/c1-5(2)9-12-10(14-13-9)8-7(11)6(3)4-15-8/h4-5H,1-3H3,(H,12,13,14). The van der Waals surface area contributed by atoms with Gasteiger partial charge in [-0.05, 0) is 17.9 Å². The summed E-state index contributed by atoms with van der Waals surface area (Å²) in [7, 11) is 0. The Labute approximate surface area is 97.5 Å². The minimum Gasteiger partial charge on any atom is -0.262 e. The van der Waals surface area contributed by atoms with Crippen LogP contribution < -0.4 is 0 Å². The number of nitrogens with one attached hydrogen (secondary N) is 1. The Morgan fingerprint density at radius 3 is 2.67 bits per heavy atom. The lowest BCUT2D eigenvalue weighted by Crippen LogP contribution is -1.89. The highest BCUT2D eigenvalue weighted by Crippen LogP contribution is 2.34. The predicted molar refractivity (Wildman–Crippen MR) is 63.5 cm³/mol. The molecule has 80 valence electrons. The van der Waals surface area contributed by atoms with Gasteiger partial charge in [0.2, 0.25) is 0 Å². The fourth-order valence-electron chi connectivity index (χ4n) is 1.21. The van der Waals surface area contributed by atoms with Crippen molar-refractivity contribution in [2.45, 2.75) is 26.7 Å². The van der Waals surface area contributed by atoms with Crippen LogP contribution >= 0.6 is 22.9 Å². The van der Waals surface area contributed by atoms with Crippen LogP contribution in [0.3, 0.4) is 0 Å². The molecule has 0 aliphatic rings. The topological polar surface area (TPSA) is 41.6 Å². The van der Waals surface area contributed by atoms with Gasteiger partial charge in [-0.15, -0.1) is 11.3 Å². The first-order valence-corrected chi connectivity index (χ1v) is 6.01. The summed E-state index contributed by atoms with van der Waals surface area (Å²) >= 11 is 7.73. The predicted octanol–water partition coefficient (Wildman–Crippen LogP) is 3.62. The van der Waals surface area contributed by atoms with Crippen LogP contribution in [0.4, 0.5) is 0 Å². The van der Waals surface area contributed by atoms with Crippen LogP contribution in [-0.2, 0) is 0 Å². The molecule has 0 aromatic carbocycles. The maximum Gasteiger partial charge on any atom is 0.192 e. The van der Waals surface area contributed by atoms with E-state index >= 15 is 0 Å². The number of hydrogen-bond acceptors (Lipinski definition) is 3. The second-order valence-corrected chi connectivity index (χ2v) is 5.02. The molecule has 0 atom stereocenters. The zero-order valence-electron chi connectivity index (χ0n) is 8.84. The van der Waals surface area contributed by atoms with Gasteiger partial charge in [-0.3, -0.25) is 5.10 Å². The fraction of sp³-hybridized carbons (Fsp3) is 0.400. The molecule has 0 aliphatic carbocycles. The first-order valence-electron chi connectivity index (χ1n) is 4.76. The maximum atomic E-state index is 6.15. The number of aromatic amines is 1. The average molecular weight is 242 g/mol. The van der Waals surface area contributed by atoms with Crippen LogP contribution in [0.2, 0.25) is 5.02 Å². The number of rotatable bonds is 2. The van der Waals surface area contributed by atoms with Crippen molar-refractivity contribution < 1.29 is 0 Å². The van der Waals surface area contributed by atoms with E-state index in [9.17, 15) is 0 Å². The number of nitrogens with zero attached hydrogens (tertiary/aromatic N) is 2. The Balaban J connectivity index is 2.41. The minimum atomic E-state index is 0.353. The first-order chi connectivity index (χ1) is 7.09. The second-order valence-electron chi connectivity index (χ2n) is 3.76. The molecule has 0 saturated heterocycles. The summed E-state index contributed by atoms with van der Waals surface area (Å²) in [5, 5.41) is 9.87. The van der Waals surface area contributed by atoms with E-state index in [0.29, 0.717) is 11.7 Å². The van der Waals surface area contributed by atoms with Gasteiger partial charge in [-0.2, -0.15) is 5.10 Å². The Kier molecular flexibility index (Phi) is 2.80. The van der Waals surface area contributed by atoms with Gasteiger partial charge in [0.15, 0.2) is 5.82 Å². The summed E-state index contributed by atoms with van der Waals surface area (Å²) in [6.07, 6.45) is 0. The zero-order valence-corrected chi connectivity index (χ0v) is 10.4. The van der Waals surface area contributed by atoms with Gasteiger partial charge in [0, 0.05) is 5.92 Å². The van der Waals surface area contributed by atoms with Crippen molar-refractivity contribution in [1.82, 2.24) is 15.2 Å². The largest absolute Gasteiger partial charge is 0.262 e. The summed E-state index contributed by atoms with van der Waals surface area (Å²) in [5.41, 5.74) is 1.08. The van der Waals surface area contributed by atoms with Gasteiger partial charge in [0.1, 0.15) is 5.82 Å². The molecule has 0 bridgehead atoms. The van der Waals surface area contributed by atoms with Crippen molar-refractivity contribution in [3.8, 4) is 10.7 Å². The number of aryl methyl sites for hydroxylation is 1. The first kappa shape index (κ1) is 10.6. The highest BCUT2D eigenvalue weighted by Gasteiger charge is 2.14. The third-order valence-corrected chi connectivity index (χ3v) is 3.84. The van der Waals surface area contributed by atoms with E-state index in [4.69, 9.17) is 11.6 Å².